The van der Waals surface area contributed by atoms with E-state index < -0.39 is 5.97 Å². The molecule has 0 atom stereocenters. The number of carboxylic acids is 1. The molecule has 21 heavy (non-hydrogen) atoms. The number of aromatic carboxylic acids is 1. The van der Waals surface area contributed by atoms with Crippen LogP contribution >= 0.6 is 0 Å². The summed E-state index contributed by atoms with van der Waals surface area (Å²) < 4.78 is 2.16. The van der Waals surface area contributed by atoms with E-state index in [9.17, 15) is 9.90 Å². The van der Waals surface area contributed by atoms with Crippen LogP contribution in [0.15, 0.2) is 18.2 Å². The molecule has 4 nitrogen and oxygen atoms in total. The Bertz CT molecular complexity index is 667. The smallest absolute Gasteiger partial charge is 0.337 e. The normalized spacial score (nSPS) is 12.3. The van der Waals surface area contributed by atoms with Gasteiger partial charge in [0.1, 0.15) is 5.82 Å². The first-order valence-electron chi connectivity index (χ1n) is 7.60. The van der Waals surface area contributed by atoms with Crippen molar-refractivity contribution in [3.8, 4) is 0 Å². The van der Waals surface area contributed by atoms with Gasteiger partial charge in [0.05, 0.1) is 16.6 Å². The molecule has 0 unspecified atom stereocenters. The van der Waals surface area contributed by atoms with E-state index >= 15 is 0 Å². The molecule has 2 aromatic rings. The fourth-order valence-electron chi connectivity index (χ4n) is 2.82. The first-order valence-corrected chi connectivity index (χ1v) is 7.60. The highest BCUT2D eigenvalue weighted by Gasteiger charge is 2.30. The highest BCUT2D eigenvalue weighted by Crippen LogP contribution is 2.35. The number of rotatable bonds is 5. The number of carboxylic acid groups (broad SMARTS) is 1. The van der Waals surface area contributed by atoms with E-state index in [4.69, 9.17) is 4.98 Å². The molecule has 1 aromatic heterocycles. The molecule has 4 heteroatoms. The molecule has 1 aromatic carbocycles. The van der Waals surface area contributed by atoms with Gasteiger partial charge < -0.3 is 9.67 Å². The van der Waals surface area contributed by atoms with Gasteiger partial charge in [-0.25, -0.2) is 9.78 Å². The van der Waals surface area contributed by atoms with Crippen LogP contribution in [0.2, 0.25) is 0 Å². The van der Waals surface area contributed by atoms with Crippen molar-refractivity contribution in [3.63, 3.8) is 0 Å². The third kappa shape index (κ3) is 2.43. The number of para-hydroxylation sites is 1. The van der Waals surface area contributed by atoms with Crippen LogP contribution in [0.25, 0.3) is 11.0 Å². The van der Waals surface area contributed by atoms with Gasteiger partial charge in [-0.2, -0.15) is 0 Å². The largest absolute Gasteiger partial charge is 0.478 e. The second-order valence-electron chi connectivity index (χ2n) is 6.14. The van der Waals surface area contributed by atoms with E-state index in [0.717, 1.165) is 29.7 Å². The Kier molecular flexibility index (Phi) is 4.08. The summed E-state index contributed by atoms with van der Waals surface area (Å²) in [6.07, 6.45) is 1.87. The summed E-state index contributed by atoms with van der Waals surface area (Å²) in [5.41, 5.74) is 1.73. The molecular weight excluding hydrogens is 264 g/mol. The lowest BCUT2D eigenvalue weighted by atomic mass is 9.93. The molecule has 0 spiro atoms. The van der Waals surface area contributed by atoms with Gasteiger partial charge in [0.15, 0.2) is 0 Å². The Labute approximate surface area is 125 Å². The number of imidazole rings is 1. The molecule has 0 aliphatic heterocycles. The van der Waals surface area contributed by atoms with Gasteiger partial charge in [0.2, 0.25) is 0 Å². The molecule has 1 N–H and O–H groups in total. The zero-order chi connectivity index (χ0) is 15.8. The molecule has 0 fully saturated rings. The van der Waals surface area contributed by atoms with Crippen LogP contribution in [0.3, 0.4) is 0 Å². The molecule has 114 valence electrons. The minimum Gasteiger partial charge on any atom is -0.478 e. The van der Waals surface area contributed by atoms with Crippen molar-refractivity contribution in [2.75, 3.05) is 0 Å². The summed E-state index contributed by atoms with van der Waals surface area (Å²) in [7, 11) is 0. The fourth-order valence-corrected chi connectivity index (χ4v) is 2.82. The highest BCUT2D eigenvalue weighted by atomic mass is 16.4. The zero-order valence-electron chi connectivity index (χ0n) is 13.5. The van der Waals surface area contributed by atoms with Crippen molar-refractivity contribution in [2.45, 2.75) is 58.9 Å². The summed E-state index contributed by atoms with van der Waals surface area (Å²) in [6.45, 7) is 10.7. The van der Waals surface area contributed by atoms with Crippen molar-refractivity contribution in [3.05, 3.63) is 29.6 Å². The van der Waals surface area contributed by atoms with Gasteiger partial charge >= 0.3 is 5.97 Å². The second kappa shape index (κ2) is 5.51. The standard InChI is InChI=1S/C17H24N2O2/c1-6-17(5,7-2)19-14-12(16(20)21)9-8-10-13(14)18-15(19)11(3)4/h8-11H,6-7H2,1-5H3,(H,20,21). The van der Waals surface area contributed by atoms with Crippen LogP contribution in [0.4, 0.5) is 0 Å². The molecule has 2 rings (SSSR count). The zero-order valence-corrected chi connectivity index (χ0v) is 13.5. The predicted octanol–water partition coefficient (Wildman–Crippen LogP) is 4.39. The van der Waals surface area contributed by atoms with Gasteiger partial charge in [-0.15, -0.1) is 0 Å². The van der Waals surface area contributed by atoms with Gasteiger partial charge in [0, 0.05) is 11.5 Å². The summed E-state index contributed by atoms with van der Waals surface area (Å²) in [5, 5.41) is 9.53. The first kappa shape index (κ1) is 15.5. The quantitative estimate of drug-likeness (QED) is 0.887. The van der Waals surface area contributed by atoms with Crippen molar-refractivity contribution < 1.29 is 9.90 Å². The molecular formula is C17H24N2O2. The van der Waals surface area contributed by atoms with E-state index in [1.54, 1.807) is 12.1 Å². The maximum absolute atomic E-state index is 11.6. The van der Waals surface area contributed by atoms with Crippen molar-refractivity contribution in [1.82, 2.24) is 9.55 Å². The highest BCUT2D eigenvalue weighted by molar-refractivity contribution is 6.01. The Morgan fingerprint density at radius 1 is 1.33 bits per heavy atom. The SMILES string of the molecule is CCC(C)(CC)n1c(C(C)C)nc2cccc(C(=O)O)c21. The van der Waals surface area contributed by atoms with Crippen LogP contribution in [0.1, 0.15) is 69.6 Å². The summed E-state index contributed by atoms with van der Waals surface area (Å²) >= 11 is 0. The molecule has 0 radical (unpaired) electrons. The van der Waals surface area contributed by atoms with Crippen LogP contribution in [-0.2, 0) is 5.54 Å². The van der Waals surface area contributed by atoms with Gasteiger partial charge in [-0.05, 0) is 31.9 Å². The lowest BCUT2D eigenvalue weighted by Gasteiger charge is -2.32. The Balaban J connectivity index is 2.93. The maximum Gasteiger partial charge on any atom is 0.337 e. The second-order valence-corrected chi connectivity index (χ2v) is 6.14. The first-order chi connectivity index (χ1) is 9.85. The summed E-state index contributed by atoms with van der Waals surface area (Å²) in [4.78, 5) is 16.3. The monoisotopic (exact) mass is 288 g/mol. The third-order valence-corrected chi connectivity index (χ3v) is 4.51. The Morgan fingerprint density at radius 2 is 1.95 bits per heavy atom. The average molecular weight is 288 g/mol. The van der Waals surface area contributed by atoms with E-state index in [-0.39, 0.29) is 11.5 Å². The van der Waals surface area contributed by atoms with E-state index in [2.05, 4.69) is 39.2 Å². The minimum atomic E-state index is -0.897. The third-order valence-electron chi connectivity index (χ3n) is 4.51. The average Bonchev–Trinajstić information content (AvgIpc) is 2.86. The molecule has 0 amide bonds. The number of hydrogen-bond donors (Lipinski definition) is 1. The van der Waals surface area contributed by atoms with Crippen LogP contribution in [-0.4, -0.2) is 20.6 Å². The molecule has 0 aliphatic rings. The molecule has 1 heterocycles. The number of hydrogen-bond acceptors (Lipinski definition) is 2. The molecule has 0 saturated carbocycles. The number of fused-ring (bicyclic) bond motifs is 1. The predicted molar refractivity (Wildman–Crippen MR) is 85.0 cm³/mol. The molecule has 0 saturated heterocycles. The van der Waals surface area contributed by atoms with Crippen molar-refractivity contribution in [2.24, 2.45) is 0 Å². The Morgan fingerprint density at radius 3 is 2.43 bits per heavy atom. The van der Waals surface area contributed by atoms with Crippen LogP contribution < -0.4 is 0 Å². The summed E-state index contributed by atoms with van der Waals surface area (Å²) in [6, 6.07) is 5.33. The van der Waals surface area contributed by atoms with Gasteiger partial charge in [0.25, 0.3) is 0 Å². The van der Waals surface area contributed by atoms with Crippen molar-refractivity contribution in [1.29, 1.82) is 0 Å². The lowest BCUT2D eigenvalue weighted by Crippen LogP contribution is -2.31. The fraction of sp³-hybridized carbons (Fsp3) is 0.529. The van der Waals surface area contributed by atoms with Crippen LogP contribution in [0, 0.1) is 0 Å². The number of aromatic nitrogens is 2. The van der Waals surface area contributed by atoms with Gasteiger partial charge in [-0.1, -0.05) is 33.8 Å². The Hall–Kier alpha value is -1.84. The van der Waals surface area contributed by atoms with E-state index in [0.29, 0.717) is 5.56 Å². The maximum atomic E-state index is 11.6. The summed E-state index contributed by atoms with van der Waals surface area (Å²) in [5.74, 6) is 0.313. The minimum absolute atomic E-state index is 0.125. The molecule has 0 bridgehead atoms. The number of benzene rings is 1. The van der Waals surface area contributed by atoms with E-state index in [1.165, 1.54) is 0 Å². The van der Waals surface area contributed by atoms with Gasteiger partial charge in [-0.3, -0.25) is 0 Å². The number of nitrogens with zero attached hydrogens (tertiary/aromatic N) is 2. The number of carbonyl (C=O) groups is 1. The van der Waals surface area contributed by atoms with Crippen molar-refractivity contribution >= 4 is 17.0 Å². The lowest BCUT2D eigenvalue weighted by molar-refractivity contribution is 0.0698. The topological polar surface area (TPSA) is 55.1 Å². The van der Waals surface area contributed by atoms with E-state index in [1.807, 2.05) is 6.07 Å². The molecule has 0 aliphatic carbocycles. The van der Waals surface area contributed by atoms with Crippen LogP contribution in [0.5, 0.6) is 0 Å².